The van der Waals surface area contributed by atoms with Crippen LogP contribution in [0, 0.1) is 24.4 Å². The van der Waals surface area contributed by atoms with Crippen LogP contribution in [0.25, 0.3) is 11.1 Å². The van der Waals surface area contributed by atoms with E-state index in [0.717, 1.165) is 26.2 Å². The van der Waals surface area contributed by atoms with Crippen LogP contribution in [0.2, 0.25) is 5.15 Å². The van der Waals surface area contributed by atoms with E-state index < -0.39 is 73.7 Å². The molecular formula is C21H15ClF6N4O4S. The van der Waals surface area contributed by atoms with Gasteiger partial charge in [-0.25, -0.2) is 26.6 Å². The number of ether oxygens (including phenoxy) is 1. The zero-order valence-electron chi connectivity index (χ0n) is 19.0. The lowest BCUT2D eigenvalue weighted by atomic mass is 10.1. The molecule has 0 saturated heterocycles. The molecule has 3 aromatic rings. The molecule has 0 atom stereocenters. The maximum Gasteiger partial charge on any atom is 0.422 e. The smallest absolute Gasteiger partial charge is 0.422 e. The molecule has 37 heavy (non-hydrogen) atoms. The van der Waals surface area contributed by atoms with Crippen LogP contribution in [0.5, 0.6) is 5.88 Å². The Kier molecular flexibility index (Phi) is 7.69. The second kappa shape index (κ2) is 10.1. The van der Waals surface area contributed by atoms with Crippen molar-refractivity contribution in [2.24, 2.45) is 0 Å². The fourth-order valence-electron chi connectivity index (χ4n) is 3.21. The first kappa shape index (κ1) is 28.1. The normalized spacial score (nSPS) is 11.9. The Morgan fingerprint density at radius 1 is 1.11 bits per heavy atom. The third-order valence-corrected chi connectivity index (χ3v) is 6.17. The number of amides is 1. The molecule has 16 heteroatoms. The van der Waals surface area contributed by atoms with E-state index in [4.69, 9.17) is 16.3 Å². The lowest BCUT2D eigenvalue weighted by molar-refractivity contribution is -0.154. The Balaban J connectivity index is 2.19. The summed E-state index contributed by atoms with van der Waals surface area (Å²) in [6.45, 7) is -0.907. The van der Waals surface area contributed by atoms with Crippen molar-refractivity contribution in [1.29, 1.82) is 0 Å². The number of pyridine rings is 1. The van der Waals surface area contributed by atoms with Crippen LogP contribution in [0.1, 0.15) is 15.9 Å². The summed E-state index contributed by atoms with van der Waals surface area (Å²) in [6.07, 6.45) is -3.12. The molecule has 2 heterocycles. The predicted octanol–water partition coefficient (Wildman–Crippen LogP) is 4.54. The van der Waals surface area contributed by atoms with Gasteiger partial charge in [0, 0.05) is 36.2 Å². The monoisotopic (exact) mass is 568 g/mol. The Morgan fingerprint density at radius 2 is 1.76 bits per heavy atom. The average molecular weight is 569 g/mol. The van der Waals surface area contributed by atoms with Crippen LogP contribution in [0.3, 0.4) is 0 Å². The summed E-state index contributed by atoms with van der Waals surface area (Å²) < 4.78 is 111. The topological polar surface area (TPSA) is 102 Å². The van der Waals surface area contributed by atoms with E-state index in [1.54, 1.807) is 0 Å². The average Bonchev–Trinajstić information content (AvgIpc) is 2.79. The molecule has 2 aromatic heterocycles. The summed E-state index contributed by atoms with van der Waals surface area (Å²) in [5.41, 5.74) is -2.67. The zero-order chi connectivity index (χ0) is 27.9. The van der Waals surface area contributed by atoms with Gasteiger partial charge in [-0.15, -0.1) is 10.2 Å². The fourth-order valence-corrected chi connectivity index (χ4v) is 4.26. The van der Waals surface area contributed by atoms with Crippen molar-refractivity contribution in [3.05, 3.63) is 58.1 Å². The third kappa shape index (κ3) is 5.77. The first-order chi connectivity index (χ1) is 17.0. The van der Waals surface area contributed by atoms with Crippen molar-refractivity contribution in [3.63, 3.8) is 0 Å². The number of rotatable bonds is 6. The quantitative estimate of drug-likeness (QED) is 0.318. The third-order valence-electron chi connectivity index (χ3n) is 4.88. The highest BCUT2D eigenvalue weighted by molar-refractivity contribution is 7.90. The highest BCUT2D eigenvalue weighted by Crippen LogP contribution is 2.37. The Hall–Kier alpha value is -3.46. The molecule has 8 nitrogen and oxygen atoms in total. The molecule has 198 valence electrons. The first-order valence-corrected chi connectivity index (χ1v) is 12.1. The van der Waals surface area contributed by atoms with Gasteiger partial charge in [-0.1, -0.05) is 11.6 Å². The van der Waals surface area contributed by atoms with Gasteiger partial charge in [-0.2, -0.15) is 13.2 Å². The molecule has 0 fully saturated rings. The number of anilines is 1. The molecule has 0 bridgehead atoms. The summed E-state index contributed by atoms with van der Waals surface area (Å²) >= 11 is 5.88. The van der Waals surface area contributed by atoms with Crippen molar-refractivity contribution in [2.75, 3.05) is 24.8 Å². The van der Waals surface area contributed by atoms with Gasteiger partial charge in [0.15, 0.2) is 39.0 Å². The van der Waals surface area contributed by atoms with Crippen LogP contribution >= 0.6 is 11.6 Å². The van der Waals surface area contributed by atoms with Gasteiger partial charge in [0.05, 0.1) is 0 Å². The van der Waals surface area contributed by atoms with E-state index >= 15 is 4.39 Å². The highest BCUT2D eigenvalue weighted by atomic mass is 35.5. The number of alkyl halides is 3. The van der Waals surface area contributed by atoms with Crippen LogP contribution in [-0.4, -0.2) is 55.6 Å². The predicted molar refractivity (Wildman–Crippen MR) is 119 cm³/mol. The van der Waals surface area contributed by atoms with Crippen LogP contribution in [-0.2, 0) is 9.84 Å². The van der Waals surface area contributed by atoms with Crippen LogP contribution < -0.4 is 9.64 Å². The van der Waals surface area contributed by atoms with E-state index in [2.05, 4.69) is 15.2 Å². The van der Waals surface area contributed by atoms with Gasteiger partial charge >= 0.3 is 6.18 Å². The van der Waals surface area contributed by atoms with Gasteiger partial charge in [0.2, 0.25) is 5.88 Å². The molecule has 0 radical (unpaired) electrons. The van der Waals surface area contributed by atoms with Gasteiger partial charge in [0.25, 0.3) is 5.91 Å². The summed E-state index contributed by atoms with van der Waals surface area (Å²) in [5.74, 6) is -7.87. The number of nitrogens with zero attached hydrogens (tertiary/aromatic N) is 4. The number of carbonyl (C=O) groups is 1. The van der Waals surface area contributed by atoms with Gasteiger partial charge in [0.1, 0.15) is 16.3 Å². The summed E-state index contributed by atoms with van der Waals surface area (Å²) in [5, 5.41) is 6.97. The van der Waals surface area contributed by atoms with Gasteiger partial charge in [-0.3, -0.25) is 9.69 Å². The lowest BCUT2D eigenvalue weighted by Crippen LogP contribution is -2.31. The van der Waals surface area contributed by atoms with E-state index in [0.29, 0.717) is 11.2 Å². The van der Waals surface area contributed by atoms with Crippen LogP contribution in [0.15, 0.2) is 29.3 Å². The minimum Gasteiger partial charge on any atom is -0.468 e. The Morgan fingerprint density at radius 3 is 2.35 bits per heavy atom. The SMILES string of the molecule is Cc1c(F)c(C(=O)N(C)c2nnc(Cl)cc2-c2cccnc2OCC(F)(F)F)c(F)c(S(C)(=O)=O)c1F. The van der Waals surface area contributed by atoms with Crippen molar-refractivity contribution in [2.45, 2.75) is 18.0 Å². The van der Waals surface area contributed by atoms with E-state index in [1.807, 2.05) is 0 Å². The van der Waals surface area contributed by atoms with E-state index in [9.17, 15) is 35.2 Å². The second-order valence-electron chi connectivity index (χ2n) is 7.57. The molecule has 0 aliphatic heterocycles. The van der Waals surface area contributed by atoms with Gasteiger partial charge < -0.3 is 4.74 Å². The number of carbonyl (C=O) groups excluding carboxylic acids is 1. The molecular weight excluding hydrogens is 554 g/mol. The second-order valence-corrected chi connectivity index (χ2v) is 9.91. The number of benzene rings is 1. The van der Waals surface area contributed by atoms with Gasteiger partial charge in [-0.05, 0) is 25.1 Å². The molecule has 0 N–H and O–H groups in total. The molecule has 0 saturated carbocycles. The Bertz CT molecular complexity index is 1500. The summed E-state index contributed by atoms with van der Waals surface area (Å²) in [7, 11) is -3.61. The van der Waals surface area contributed by atoms with Crippen molar-refractivity contribution >= 4 is 33.2 Å². The van der Waals surface area contributed by atoms with E-state index in [1.165, 1.54) is 12.1 Å². The number of sulfone groups is 1. The van der Waals surface area contributed by atoms with Crippen molar-refractivity contribution in [3.8, 4) is 17.0 Å². The molecule has 1 amide bonds. The zero-order valence-corrected chi connectivity index (χ0v) is 20.6. The largest absolute Gasteiger partial charge is 0.468 e. The standard InChI is InChI=1S/C21H15ClF6N4O4S/c1-9-14(23)13(16(25)17(15(9)24)37(3,34)35)20(33)32(2)18-11(7-12(22)30-31-18)10-5-4-6-29-19(10)36-8-21(26,27)28/h4-7H,8H2,1-3H3. The van der Waals surface area contributed by atoms with Crippen molar-refractivity contribution in [1.82, 2.24) is 15.2 Å². The maximum atomic E-state index is 15.1. The minimum absolute atomic E-state index is 0.147. The molecule has 0 aliphatic rings. The fraction of sp³-hybridized carbons (Fsp3) is 0.238. The van der Waals surface area contributed by atoms with E-state index in [-0.39, 0.29) is 16.3 Å². The molecule has 0 aliphatic carbocycles. The molecule has 0 spiro atoms. The Labute approximate surface area is 210 Å². The number of hydrogen-bond donors (Lipinski definition) is 0. The number of hydrogen-bond acceptors (Lipinski definition) is 7. The first-order valence-electron chi connectivity index (χ1n) is 9.88. The van der Waals surface area contributed by atoms with Crippen LogP contribution in [0.4, 0.5) is 32.2 Å². The molecule has 0 unspecified atom stereocenters. The summed E-state index contributed by atoms with van der Waals surface area (Å²) in [6, 6.07) is 3.64. The highest BCUT2D eigenvalue weighted by Gasteiger charge is 2.35. The number of aromatic nitrogens is 3. The number of halogens is 7. The summed E-state index contributed by atoms with van der Waals surface area (Å²) in [4.78, 5) is 15.9. The molecule has 3 rings (SSSR count). The molecule has 1 aromatic carbocycles. The van der Waals surface area contributed by atoms with Crippen molar-refractivity contribution < 1.29 is 44.3 Å². The lowest BCUT2D eigenvalue weighted by Gasteiger charge is -2.21. The minimum atomic E-state index is -4.72. The maximum absolute atomic E-state index is 15.1.